The minimum atomic E-state index is -0.295. The van der Waals surface area contributed by atoms with Crippen molar-refractivity contribution in [3.05, 3.63) is 77.9 Å². The number of nitrogens with one attached hydrogen (secondary N) is 1. The van der Waals surface area contributed by atoms with E-state index < -0.39 is 0 Å². The van der Waals surface area contributed by atoms with Crippen LogP contribution in [-0.4, -0.2) is 56.8 Å². The predicted octanol–water partition coefficient (Wildman–Crippen LogP) is 4.79. The first-order valence-corrected chi connectivity index (χ1v) is 12.2. The van der Waals surface area contributed by atoms with Gasteiger partial charge in [0.2, 0.25) is 0 Å². The Hall–Kier alpha value is -2.89. The molecular weight excluding hydrogens is 424 g/mol. The van der Waals surface area contributed by atoms with Crippen LogP contribution < -0.4 is 10.1 Å². The van der Waals surface area contributed by atoms with Crippen LogP contribution in [0.2, 0.25) is 0 Å². The van der Waals surface area contributed by atoms with Crippen LogP contribution in [0, 0.1) is 0 Å². The monoisotopic (exact) mass is 458 g/mol. The number of likely N-dealkylation sites (tertiary alicyclic amines) is 1. The van der Waals surface area contributed by atoms with Gasteiger partial charge in [0.1, 0.15) is 5.75 Å². The van der Waals surface area contributed by atoms with Gasteiger partial charge < -0.3 is 19.7 Å². The van der Waals surface area contributed by atoms with Gasteiger partial charge in [-0.25, -0.2) is 0 Å². The third-order valence-electron chi connectivity index (χ3n) is 8.17. The fourth-order valence-electron chi connectivity index (χ4n) is 6.34. The zero-order chi connectivity index (χ0) is 23.8. The molecule has 3 aromatic carbocycles. The smallest absolute Gasteiger partial charge is 0.251 e. The Morgan fingerprint density at radius 2 is 1.82 bits per heavy atom. The first kappa shape index (κ1) is 22.9. The van der Waals surface area contributed by atoms with Crippen molar-refractivity contribution < 1.29 is 14.3 Å². The van der Waals surface area contributed by atoms with Gasteiger partial charge in [0.25, 0.3) is 5.91 Å². The summed E-state index contributed by atoms with van der Waals surface area (Å²) in [6, 6.07) is 22.6. The molecule has 5 nitrogen and oxygen atoms in total. The number of amides is 1. The highest BCUT2D eigenvalue weighted by Crippen LogP contribution is 2.53. The van der Waals surface area contributed by atoms with E-state index in [0.717, 1.165) is 55.3 Å². The summed E-state index contributed by atoms with van der Waals surface area (Å²) in [5, 5.41) is 5.60. The zero-order valence-corrected chi connectivity index (χ0v) is 20.3. The van der Waals surface area contributed by atoms with E-state index in [9.17, 15) is 4.79 Å². The van der Waals surface area contributed by atoms with Crippen LogP contribution in [0.5, 0.6) is 5.75 Å². The maximum Gasteiger partial charge on any atom is 0.251 e. The molecule has 0 spiro atoms. The van der Waals surface area contributed by atoms with Crippen LogP contribution in [0.25, 0.3) is 10.8 Å². The lowest BCUT2D eigenvalue weighted by molar-refractivity contribution is -0.144. The van der Waals surface area contributed by atoms with Gasteiger partial charge in [-0.2, -0.15) is 0 Å². The highest BCUT2D eigenvalue weighted by molar-refractivity contribution is 5.98. The number of benzene rings is 3. The number of fused-ring (bicyclic) bond motifs is 2. The molecule has 2 fully saturated rings. The lowest BCUT2D eigenvalue weighted by atomic mass is 9.55. The Kier molecular flexibility index (Phi) is 6.09. The number of nitrogens with zero attached hydrogens (tertiary/aromatic N) is 1. The van der Waals surface area contributed by atoms with E-state index in [4.69, 9.17) is 9.47 Å². The Morgan fingerprint density at radius 3 is 2.62 bits per heavy atom. The van der Waals surface area contributed by atoms with Gasteiger partial charge in [-0.05, 0) is 79.9 Å². The number of ether oxygens (including phenoxy) is 2. The Bertz CT molecular complexity index is 1190. The average Bonchev–Trinajstić information content (AvgIpc) is 2.88. The van der Waals surface area contributed by atoms with Crippen LogP contribution in [0.4, 0.5) is 0 Å². The SMILES string of the molecule is COc1cccc([C@@]23CCN(C)C[C@@]2(OC)CC[C@H](NC(=O)c2ccc4ccccc4c2)C3)c1. The molecular formula is C29H34N2O3. The van der Waals surface area contributed by atoms with E-state index in [1.54, 1.807) is 7.11 Å². The number of piperidine rings is 1. The third kappa shape index (κ3) is 3.87. The highest BCUT2D eigenvalue weighted by atomic mass is 16.5. The fourth-order valence-corrected chi connectivity index (χ4v) is 6.34. The topological polar surface area (TPSA) is 50.8 Å². The van der Waals surface area contributed by atoms with Crippen molar-refractivity contribution >= 4 is 16.7 Å². The number of methoxy groups -OCH3 is 2. The summed E-state index contributed by atoms with van der Waals surface area (Å²) >= 11 is 0. The summed E-state index contributed by atoms with van der Waals surface area (Å²) in [4.78, 5) is 15.7. The molecule has 0 aromatic heterocycles. The first-order chi connectivity index (χ1) is 16.5. The van der Waals surface area contributed by atoms with Crippen LogP contribution in [0.1, 0.15) is 41.6 Å². The molecule has 34 heavy (non-hydrogen) atoms. The van der Waals surface area contributed by atoms with E-state index in [2.05, 4.69) is 47.6 Å². The second-order valence-electron chi connectivity index (χ2n) is 9.98. The molecule has 5 heteroatoms. The molecule has 2 aliphatic rings. The highest BCUT2D eigenvalue weighted by Gasteiger charge is 2.58. The van der Waals surface area contributed by atoms with Gasteiger partial charge in [-0.15, -0.1) is 0 Å². The summed E-state index contributed by atoms with van der Waals surface area (Å²) < 4.78 is 11.9. The van der Waals surface area contributed by atoms with Crippen molar-refractivity contribution in [3.8, 4) is 5.75 Å². The summed E-state index contributed by atoms with van der Waals surface area (Å²) in [5.74, 6) is 0.854. The number of hydrogen-bond donors (Lipinski definition) is 1. The van der Waals surface area contributed by atoms with Crippen LogP contribution in [-0.2, 0) is 10.2 Å². The normalized spacial score (nSPS) is 27.2. The molecule has 1 N–H and O–H groups in total. The molecule has 1 aliphatic carbocycles. The number of rotatable bonds is 5. The molecule has 0 radical (unpaired) electrons. The van der Waals surface area contributed by atoms with Gasteiger partial charge >= 0.3 is 0 Å². The number of carbonyl (C=O) groups excluding carboxylic acids is 1. The van der Waals surface area contributed by atoms with E-state index in [0.29, 0.717) is 5.56 Å². The fraction of sp³-hybridized carbons (Fsp3) is 0.414. The summed E-state index contributed by atoms with van der Waals surface area (Å²) in [7, 11) is 5.73. The van der Waals surface area contributed by atoms with Crippen LogP contribution in [0.3, 0.4) is 0 Å². The zero-order valence-electron chi connectivity index (χ0n) is 20.3. The molecule has 3 aromatic rings. The van der Waals surface area contributed by atoms with Gasteiger partial charge in [0.05, 0.1) is 12.7 Å². The Balaban J connectivity index is 1.46. The van der Waals surface area contributed by atoms with Crippen molar-refractivity contribution in [1.29, 1.82) is 0 Å². The van der Waals surface area contributed by atoms with Crippen LogP contribution >= 0.6 is 0 Å². The molecule has 1 heterocycles. The lowest BCUT2D eigenvalue weighted by Gasteiger charge is -2.59. The largest absolute Gasteiger partial charge is 0.497 e. The van der Waals surface area contributed by atoms with E-state index in [-0.39, 0.29) is 23.0 Å². The summed E-state index contributed by atoms with van der Waals surface area (Å²) in [5.41, 5.74) is 1.46. The van der Waals surface area contributed by atoms with Crippen molar-refractivity contribution in [3.63, 3.8) is 0 Å². The second-order valence-corrected chi connectivity index (χ2v) is 9.98. The maximum absolute atomic E-state index is 13.3. The predicted molar refractivity (Wildman–Crippen MR) is 136 cm³/mol. The van der Waals surface area contributed by atoms with Gasteiger partial charge in [0.15, 0.2) is 0 Å². The van der Waals surface area contributed by atoms with Crippen molar-refractivity contribution in [2.45, 2.75) is 42.7 Å². The van der Waals surface area contributed by atoms with E-state index in [1.807, 2.05) is 43.5 Å². The molecule has 178 valence electrons. The van der Waals surface area contributed by atoms with E-state index in [1.165, 1.54) is 5.56 Å². The summed E-state index contributed by atoms with van der Waals surface area (Å²) in [6.07, 6.45) is 3.62. The molecule has 0 unspecified atom stereocenters. The minimum absolute atomic E-state index is 0.00519. The molecule has 5 rings (SSSR count). The number of hydrogen-bond acceptors (Lipinski definition) is 4. The number of carbonyl (C=O) groups is 1. The Morgan fingerprint density at radius 1 is 1.00 bits per heavy atom. The Labute approximate surface area is 202 Å². The lowest BCUT2D eigenvalue weighted by Crippen LogP contribution is -2.67. The summed E-state index contributed by atoms with van der Waals surface area (Å²) in [6.45, 7) is 1.87. The molecule has 1 saturated heterocycles. The molecule has 3 atom stereocenters. The van der Waals surface area contributed by atoms with Gasteiger partial charge in [-0.3, -0.25) is 4.79 Å². The molecule has 0 bridgehead atoms. The number of likely N-dealkylation sites (N-methyl/N-ethyl adjacent to an activating group) is 1. The molecule has 1 aliphatic heterocycles. The minimum Gasteiger partial charge on any atom is -0.497 e. The van der Waals surface area contributed by atoms with E-state index >= 15 is 0 Å². The van der Waals surface area contributed by atoms with Crippen molar-refractivity contribution in [2.24, 2.45) is 0 Å². The quantitative estimate of drug-likeness (QED) is 0.597. The molecule has 1 saturated carbocycles. The first-order valence-electron chi connectivity index (χ1n) is 12.2. The standard InChI is InChI=1S/C29H34N2O3/c1-31-16-15-28(24-9-6-10-26(18-24)33-2)19-25(13-14-29(28,20-31)34-3)30-27(32)23-12-11-21-7-4-5-8-22(21)17-23/h4-12,17-18,25H,13-16,19-20H2,1-3H3,(H,30,32)/t25-,28-,29-/m0/s1. The molecule has 1 amide bonds. The second kappa shape index (κ2) is 9.05. The van der Waals surface area contributed by atoms with Crippen molar-refractivity contribution in [2.75, 3.05) is 34.4 Å². The third-order valence-corrected chi connectivity index (χ3v) is 8.17. The maximum atomic E-state index is 13.3. The van der Waals surface area contributed by atoms with Crippen molar-refractivity contribution in [1.82, 2.24) is 10.2 Å². The average molecular weight is 459 g/mol. The van der Waals surface area contributed by atoms with Gasteiger partial charge in [0, 0.05) is 30.7 Å². The van der Waals surface area contributed by atoms with Crippen LogP contribution in [0.15, 0.2) is 66.7 Å². The van der Waals surface area contributed by atoms with Gasteiger partial charge in [-0.1, -0.05) is 42.5 Å².